The van der Waals surface area contributed by atoms with E-state index < -0.39 is 12.2 Å². The number of ether oxygens (including phenoxy) is 3. The third kappa shape index (κ3) is 5.63. The van der Waals surface area contributed by atoms with Crippen molar-refractivity contribution in [3.8, 4) is 0 Å². The Morgan fingerprint density at radius 3 is 2.64 bits per heavy atom. The number of para-hydroxylation sites is 3. The molecular weight excluding hydrogens is 542 g/mol. The highest BCUT2D eigenvalue weighted by molar-refractivity contribution is 5.92. The van der Waals surface area contributed by atoms with E-state index in [-0.39, 0.29) is 55.3 Å². The second-order valence-corrected chi connectivity index (χ2v) is 10.5. The Kier molecular flexibility index (Phi) is 8.22. The van der Waals surface area contributed by atoms with Gasteiger partial charge in [-0.05, 0) is 43.2 Å². The maximum absolute atomic E-state index is 13.7. The first kappa shape index (κ1) is 28.0. The molecule has 2 aliphatic rings. The number of amides is 1. The van der Waals surface area contributed by atoms with Gasteiger partial charge in [-0.25, -0.2) is 4.79 Å². The second-order valence-electron chi connectivity index (χ2n) is 10.5. The fourth-order valence-corrected chi connectivity index (χ4v) is 5.80. The van der Waals surface area contributed by atoms with Crippen molar-refractivity contribution >= 4 is 27.9 Å². The summed E-state index contributed by atoms with van der Waals surface area (Å²) in [5.74, 6) is -0.646. The van der Waals surface area contributed by atoms with Crippen LogP contribution in [0.15, 0.2) is 80.6 Å². The van der Waals surface area contributed by atoms with Gasteiger partial charge >= 0.3 is 5.69 Å². The molecule has 1 amide bonds. The number of carbonyl (C=O) groups excluding carboxylic acids is 1. The molecule has 2 unspecified atom stereocenters. The molecule has 11 nitrogen and oxygen atoms in total. The van der Waals surface area contributed by atoms with Gasteiger partial charge in [-0.3, -0.25) is 14.2 Å². The normalized spacial score (nSPS) is 19.6. The molecule has 2 aromatic heterocycles. The van der Waals surface area contributed by atoms with E-state index in [0.717, 1.165) is 11.0 Å². The van der Waals surface area contributed by atoms with Crippen molar-refractivity contribution < 1.29 is 28.5 Å². The van der Waals surface area contributed by atoms with Crippen molar-refractivity contribution in [2.75, 3.05) is 39.5 Å². The molecule has 0 bridgehead atoms. The van der Waals surface area contributed by atoms with Crippen molar-refractivity contribution in [1.29, 1.82) is 0 Å². The Balaban J connectivity index is 1.21. The standard InChI is InChI=1S/C31H33N3O8/c35-13-14-39-15-16-40-28-18-20(23-19-41-26-8-4-1-5-22(26)29(23)36)17-27(42-28)30(37)33-11-9-21(10-12-33)34-25-7-3-2-6-24(25)32-31(34)38/h1-8,17,19-21,28,35H,9-16,18H2,(H,32,38). The molecule has 0 radical (unpaired) electrons. The fourth-order valence-electron chi connectivity index (χ4n) is 5.80. The second kappa shape index (κ2) is 12.4. The summed E-state index contributed by atoms with van der Waals surface area (Å²) >= 11 is 0. The number of aliphatic hydroxyl groups excluding tert-OH is 1. The Morgan fingerprint density at radius 2 is 1.81 bits per heavy atom. The number of rotatable bonds is 9. The SMILES string of the molecule is O=C(C1=CC(c2coc3ccccc3c2=O)CC(OCCOCCO)O1)N1CCC(n2c(=O)[nH]c3ccccc32)CC1. The van der Waals surface area contributed by atoms with Crippen molar-refractivity contribution in [2.45, 2.75) is 37.5 Å². The molecular formula is C31H33N3O8. The number of imidazole rings is 1. The Bertz CT molecular complexity index is 1710. The minimum Gasteiger partial charge on any atom is -0.464 e. The number of H-pyrrole nitrogens is 1. The molecule has 1 fully saturated rings. The van der Waals surface area contributed by atoms with E-state index in [0.29, 0.717) is 48.9 Å². The van der Waals surface area contributed by atoms with Crippen LogP contribution in [0, 0.1) is 0 Å². The number of carbonyl (C=O) groups is 1. The Morgan fingerprint density at radius 1 is 1.02 bits per heavy atom. The zero-order valence-corrected chi connectivity index (χ0v) is 23.1. The van der Waals surface area contributed by atoms with Gasteiger partial charge in [-0.15, -0.1) is 0 Å². The monoisotopic (exact) mass is 575 g/mol. The lowest BCUT2D eigenvalue weighted by Gasteiger charge is -2.35. The van der Waals surface area contributed by atoms with Crippen LogP contribution in [-0.2, 0) is 19.0 Å². The molecule has 2 aliphatic heterocycles. The summed E-state index contributed by atoms with van der Waals surface area (Å²) in [5, 5.41) is 9.39. The summed E-state index contributed by atoms with van der Waals surface area (Å²) in [6.45, 7) is 1.43. The van der Waals surface area contributed by atoms with Crippen LogP contribution in [0.5, 0.6) is 0 Å². The van der Waals surface area contributed by atoms with Crippen molar-refractivity contribution in [3.05, 3.63) is 92.9 Å². The minimum absolute atomic E-state index is 0.0380. The number of hydrogen-bond donors (Lipinski definition) is 2. The lowest BCUT2D eigenvalue weighted by molar-refractivity contribution is -0.157. The molecule has 4 aromatic rings. The van der Waals surface area contributed by atoms with Crippen LogP contribution in [0.4, 0.5) is 0 Å². The van der Waals surface area contributed by atoms with E-state index in [1.54, 1.807) is 39.8 Å². The topological polar surface area (TPSA) is 136 Å². The molecule has 4 heterocycles. The third-order valence-electron chi connectivity index (χ3n) is 7.88. The molecule has 220 valence electrons. The van der Waals surface area contributed by atoms with Crippen molar-refractivity contribution in [2.24, 2.45) is 0 Å². The highest BCUT2D eigenvalue weighted by Gasteiger charge is 2.34. The summed E-state index contributed by atoms with van der Waals surface area (Å²) in [7, 11) is 0. The lowest BCUT2D eigenvalue weighted by Crippen LogP contribution is -2.42. The van der Waals surface area contributed by atoms with Gasteiger partial charge in [0.15, 0.2) is 11.2 Å². The number of benzene rings is 2. The molecule has 2 atom stereocenters. The van der Waals surface area contributed by atoms with E-state index in [2.05, 4.69) is 4.98 Å². The third-order valence-corrected chi connectivity index (χ3v) is 7.88. The molecule has 42 heavy (non-hydrogen) atoms. The van der Waals surface area contributed by atoms with E-state index in [1.165, 1.54) is 6.26 Å². The molecule has 11 heteroatoms. The van der Waals surface area contributed by atoms with Gasteiger partial charge in [0.25, 0.3) is 5.91 Å². The fraction of sp³-hybridized carbons (Fsp3) is 0.387. The Labute approximate surface area is 240 Å². The van der Waals surface area contributed by atoms with E-state index in [1.807, 2.05) is 24.3 Å². The molecule has 2 N–H and O–H groups in total. The largest absolute Gasteiger partial charge is 0.464 e. The summed E-state index contributed by atoms with van der Waals surface area (Å²) < 4.78 is 24.7. The van der Waals surface area contributed by atoms with E-state index >= 15 is 0 Å². The Hall–Kier alpha value is -4.19. The van der Waals surface area contributed by atoms with Gasteiger partial charge in [0, 0.05) is 37.0 Å². The summed E-state index contributed by atoms with van der Waals surface area (Å²) in [4.78, 5) is 44.4. The number of aromatic amines is 1. The van der Waals surface area contributed by atoms with Crippen molar-refractivity contribution in [1.82, 2.24) is 14.5 Å². The van der Waals surface area contributed by atoms with Gasteiger partial charge in [0.2, 0.25) is 6.29 Å². The van der Waals surface area contributed by atoms with Crippen LogP contribution < -0.4 is 11.1 Å². The zero-order chi connectivity index (χ0) is 29.1. The number of hydrogen-bond acceptors (Lipinski definition) is 8. The quantitative estimate of drug-likeness (QED) is 0.291. The average molecular weight is 576 g/mol. The van der Waals surface area contributed by atoms with E-state index in [4.69, 9.17) is 23.7 Å². The first-order valence-electron chi connectivity index (χ1n) is 14.2. The molecule has 0 aliphatic carbocycles. The molecule has 0 saturated carbocycles. The highest BCUT2D eigenvalue weighted by Crippen LogP contribution is 2.33. The first-order chi connectivity index (χ1) is 20.5. The molecule has 6 rings (SSSR count). The number of aromatic nitrogens is 2. The van der Waals surface area contributed by atoms with Crippen LogP contribution in [0.1, 0.15) is 36.8 Å². The average Bonchev–Trinajstić information content (AvgIpc) is 3.36. The summed E-state index contributed by atoms with van der Waals surface area (Å²) in [5.41, 5.74) is 2.24. The summed E-state index contributed by atoms with van der Waals surface area (Å²) in [6, 6.07) is 14.6. The lowest BCUT2D eigenvalue weighted by atomic mass is 9.93. The van der Waals surface area contributed by atoms with Crippen LogP contribution in [-0.4, -0.2) is 71.3 Å². The predicted octanol–water partition coefficient (Wildman–Crippen LogP) is 3.04. The molecule has 2 aromatic carbocycles. The minimum atomic E-state index is -0.787. The van der Waals surface area contributed by atoms with Crippen LogP contribution in [0.3, 0.4) is 0 Å². The molecule has 0 spiro atoms. The zero-order valence-electron chi connectivity index (χ0n) is 23.1. The number of nitrogens with zero attached hydrogens (tertiary/aromatic N) is 2. The smallest absolute Gasteiger partial charge is 0.326 e. The number of fused-ring (bicyclic) bond motifs is 2. The number of piperidine rings is 1. The van der Waals surface area contributed by atoms with Gasteiger partial charge in [0.05, 0.1) is 49.1 Å². The van der Waals surface area contributed by atoms with Gasteiger partial charge in [-0.1, -0.05) is 24.3 Å². The van der Waals surface area contributed by atoms with Gasteiger partial charge in [-0.2, -0.15) is 0 Å². The number of nitrogens with one attached hydrogen (secondary N) is 1. The summed E-state index contributed by atoms with van der Waals surface area (Å²) in [6.07, 6.45) is 3.88. The number of aliphatic hydroxyl groups is 1. The maximum atomic E-state index is 13.7. The molecule has 1 saturated heterocycles. The predicted molar refractivity (Wildman–Crippen MR) is 154 cm³/mol. The van der Waals surface area contributed by atoms with Crippen molar-refractivity contribution in [3.63, 3.8) is 0 Å². The van der Waals surface area contributed by atoms with Crippen LogP contribution in [0.2, 0.25) is 0 Å². The first-order valence-corrected chi connectivity index (χ1v) is 14.2. The van der Waals surface area contributed by atoms with E-state index in [9.17, 15) is 14.4 Å². The van der Waals surface area contributed by atoms with Gasteiger partial charge in [0.1, 0.15) is 5.58 Å². The highest BCUT2D eigenvalue weighted by atomic mass is 16.7. The number of allylic oxidation sites excluding steroid dienone is 1. The van der Waals surface area contributed by atoms with Crippen LogP contribution >= 0.6 is 0 Å². The van der Waals surface area contributed by atoms with Crippen LogP contribution in [0.25, 0.3) is 22.0 Å². The maximum Gasteiger partial charge on any atom is 0.326 e. The van der Waals surface area contributed by atoms with Gasteiger partial charge < -0.3 is 33.6 Å². The number of likely N-dealkylation sites (tertiary alicyclic amines) is 1.